The number of halogens is 1. The molecule has 0 radical (unpaired) electrons. The van der Waals surface area contributed by atoms with Crippen LogP contribution < -0.4 is 4.90 Å². The van der Waals surface area contributed by atoms with Crippen LogP contribution in [0, 0.1) is 0 Å². The van der Waals surface area contributed by atoms with Crippen molar-refractivity contribution in [2.45, 2.75) is 17.4 Å². The summed E-state index contributed by atoms with van der Waals surface area (Å²) in [7, 11) is 0.162. The topological polar surface area (TPSA) is 60.9 Å². The van der Waals surface area contributed by atoms with Gasteiger partial charge in [-0.15, -0.1) is 0 Å². The number of rotatable bonds is 3. The highest BCUT2D eigenvalue weighted by atomic mass is 79.9. The Morgan fingerprint density at radius 2 is 2.11 bits per heavy atom. The van der Waals surface area contributed by atoms with Crippen molar-refractivity contribution in [3.05, 3.63) is 22.7 Å². The normalized spacial score (nSPS) is 20.7. The zero-order chi connectivity index (χ0) is 14.2. The predicted octanol–water partition coefficient (Wildman–Crippen LogP) is 1.27. The van der Waals surface area contributed by atoms with Crippen LogP contribution in [0.1, 0.15) is 6.42 Å². The van der Waals surface area contributed by atoms with Gasteiger partial charge in [-0.1, -0.05) is 0 Å². The summed E-state index contributed by atoms with van der Waals surface area (Å²) in [4.78, 5) is 2.09. The molecule has 0 bridgehead atoms. The summed E-state index contributed by atoms with van der Waals surface area (Å²) < 4.78 is 27.0. The van der Waals surface area contributed by atoms with E-state index in [1.807, 2.05) is 25.1 Å². The highest BCUT2D eigenvalue weighted by Gasteiger charge is 2.33. The summed E-state index contributed by atoms with van der Waals surface area (Å²) in [6, 6.07) is 5.22. The summed E-state index contributed by atoms with van der Waals surface area (Å²) in [5.41, 5.74) is 0.821. The van der Waals surface area contributed by atoms with E-state index in [1.54, 1.807) is 12.1 Å². The van der Waals surface area contributed by atoms with Gasteiger partial charge >= 0.3 is 0 Å². The van der Waals surface area contributed by atoms with Gasteiger partial charge in [-0.05, 0) is 40.5 Å². The minimum Gasteiger partial charge on any atom is -0.392 e. The van der Waals surface area contributed by atoms with Crippen LogP contribution in [0.3, 0.4) is 0 Å². The third kappa shape index (κ3) is 2.94. The molecule has 19 heavy (non-hydrogen) atoms. The van der Waals surface area contributed by atoms with E-state index in [-0.39, 0.29) is 11.4 Å². The van der Waals surface area contributed by atoms with Crippen molar-refractivity contribution in [2.75, 3.05) is 32.1 Å². The number of aliphatic hydroxyl groups excluding tert-OH is 1. The van der Waals surface area contributed by atoms with Crippen molar-refractivity contribution < 1.29 is 13.5 Å². The Hall–Kier alpha value is -0.630. The van der Waals surface area contributed by atoms with Crippen LogP contribution in [0.15, 0.2) is 27.6 Å². The maximum Gasteiger partial charge on any atom is 0.244 e. The lowest BCUT2D eigenvalue weighted by atomic mass is 10.3. The minimum atomic E-state index is -3.56. The SMILES string of the molecule is CN(C)c1ccc(Br)c(S(=O)(=O)N2CC[C@H](O)C2)c1. The Morgan fingerprint density at radius 1 is 1.42 bits per heavy atom. The van der Waals surface area contributed by atoms with Crippen molar-refractivity contribution in [3.8, 4) is 0 Å². The molecule has 0 saturated carbocycles. The third-order valence-electron chi connectivity index (χ3n) is 3.18. The van der Waals surface area contributed by atoms with Gasteiger partial charge in [0.1, 0.15) is 0 Å². The van der Waals surface area contributed by atoms with E-state index in [0.29, 0.717) is 17.4 Å². The molecule has 1 aromatic rings. The molecule has 106 valence electrons. The lowest BCUT2D eigenvalue weighted by Gasteiger charge is -2.19. The molecule has 1 aliphatic rings. The number of aliphatic hydroxyl groups is 1. The summed E-state index contributed by atoms with van der Waals surface area (Å²) in [5, 5.41) is 9.50. The highest BCUT2D eigenvalue weighted by molar-refractivity contribution is 9.10. The fraction of sp³-hybridized carbons (Fsp3) is 0.500. The molecular weight excluding hydrogens is 332 g/mol. The number of nitrogens with zero attached hydrogens (tertiary/aromatic N) is 2. The number of sulfonamides is 1. The first-order chi connectivity index (χ1) is 8.82. The van der Waals surface area contributed by atoms with Gasteiger partial charge in [0.15, 0.2) is 0 Å². The zero-order valence-corrected chi connectivity index (χ0v) is 13.3. The number of β-amino-alcohol motifs (C(OH)–C–C–N with tert-alkyl or cyclic N) is 1. The fourth-order valence-corrected chi connectivity index (χ4v) is 4.47. The first-order valence-electron chi connectivity index (χ1n) is 5.97. The van der Waals surface area contributed by atoms with E-state index in [9.17, 15) is 13.5 Å². The van der Waals surface area contributed by atoms with Gasteiger partial charge in [-0.3, -0.25) is 0 Å². The van der Waals surface area contributed by atoms with Gasteiger partial charge in [0.2, 0.25) is 10.0 Å². The monoisotopic (exact) mass is 348 g/mol. The Balaban J connectivity index is 2.42. The molecule has 1 atom stereocenters. The van der Waals surface area contributed by atoms with Crippen LogP contribution in [-0.4, -0.2) is 51.1 Å². The van der Waals surface area contributed by atoms with Gasteiger partial charge in [0.05, 0.1) is 11.0 Å². The molecule has 7 heteroatoms. The Bertz CT molecular complexity index is 574. The largest absolute Gasteiger partial charge is 0.392 e. The van der Waals surface area contributed by atoms with Gasteiger partial charge in [0.25, 0.3) is 0 Å². The second kappa shape index (κ2) is 5.40. The second-order valence-corrected chi connectivity index (χ2v) is 7.58. The van der Waals surface area contributed by atoms with Crippen LogP contribution in [-0.2, 0) is 10.0 Å². The van der Waals surface area contributed by atoms with Gasteiger partial charge in [0, 0.05) is 37.3 Å². The van der Waals surface area contributed by atoms with Crippen LogP contribution >= 0.6 is 15.9 Å². The third-order valence-corrected chi connectivity index (χ3v) is 6.03. The second-order valence-electron chi connectivity index (χ2n) is 4.81. The Morgan fingerprint density at radius 3 is 2.63 bits per heavy atom. The molecule has 1 fully saturated rings. The first-order valence-corrected chi connectivity index (χ1v) is 8.21. The molecule has 0 amide bonds. The zero-order valence-electron chi connectivity index (χ0n) is 10.9. The molecule has 1 N–H and O–H groups in total. The standard InChI is InChI=1S/C12H17BrN2O3S/c1-14(2)9-3-4-11(13)12(7-9)19(17,18)15-6-5-10(16)8-15/h3-4,7,10,16H,5-6,8H2,1-2H3/t10-/m0/s1. The first kappa shape index (κ1) is 14.8. The van der Waals surface area contributed by atoms with Crippen molar-refractivity contribution >= 4 is 31.6 Å². The average molecular weight is 349 g/mol. The molecule has 1 aliphatic heterocycles. The average Bonchev–Trinajstić information content (AvgIpc) is 2.76. The quantitative estimate of drug-likeness (QED) is 0.893. The maximum atomic E-state index is 12.5. The fourth-order valence-electron chi connectivity index (χ4n) is 2.04. The van der Waals surface area contributed by atoms with Crippen molar-refractivity contribution in [3.63, 3.8) is 0 Å². The van der Waals surface area contributed by atoms with Crippen molar-refractivity contribution in [1.82, 2.24) is 4.31 Å². The van der Waals surface area contributed by atoms with Crippen LogP contribution in [0.4, 0.5) is 5.69 Å². The molecular formula is C12H17BrN2O3S. The molecule has 0 aromatic heterocycles. The van der Waals surface area contributed by atoms with E-state index < -0.39 is 16.1 Å². The summed E-state index contributed by atoms with van der Waals surface area (Å²) in [5.74, 6) is 0. The van der Waals surface area contributed by atoms with E-state index in [2.05, 4.69) is 15.9 Å². The van der Waals surface area contributed by atoms with Gasteiger partial charge < -0.3 is 10.0 Å². The van der Waals surface area contributed by atoms with E-state index in [1.165, 1.54) is 4.31 Å². The van der Waals surface area contributed by atoms with Gasteiger partial charge in [-0.25, -0.2) is 8.42 Å². The van der Waals surface area contributed by atoms with E-state index in [0.717, 1.165) is 5.69 Å². The summed E-state index contributed by atoms with van der Waals surface area (Å²) in [6.07, 6.45) is -0.0740. The molecule has 1 heterocycles. The number of hydrogen-bond acceptors (Lipinski definition) is 4. The van der Waals surface area contributed by atoms with Gasteiger partial charge in [-0.2, -0.15) is 4.31 Å². The smallest absolute Gasteiger partial charge is 0.244 e. The molecule has 0 aliphatic carbocycles. The van der Waals surface area contributed by atoms with Crippen LogP contribution in [0.25, 0.3) is 0 Å². The lowest BCUT2D eigenvalue weighted by molar-refractivity contribution is 0.189. The van der Waals surface area contributed by atoms with Crippen molar-refractivity contribution in [2.24, 2.45) is 0 Å². The molecule has 1 aromatic carbocycles. The molecule has 2 rings (SSSR count). The number of anilines is 1. The van der Waals surface area contributed by atoms with Crippen molar-refractivity contribution in [1.29, 1.82) is 0 Å². The molecule has 1 saturated heterocycles. The Labute approximate surface area is 122 Å². The highest BCUT2D eigenvalue weighted by Crippen LogP contribution is 2.30. The minimum absolute atomic E-state index is 0.168. The maximum absolute atomic E-state index is 12.5. The van der Waals surface area contributed by atoms with E-state index >= 15 is 0 Å². The number of hydrogen-bond donors (Lipinski definition) is 1. The number of benzene rings is 1. The molecule has 0 unspecified atom stereocenters. The van der Waals surface area contributed by atoms with Crippen LogP contribution in [0.5, 0.6) is 0 Å². The summed E-state index contributed by atoms with van der Waals surface area (Å²) in [6.45, 7) is 0.531. The molecule has 0 spiro atoms. The summed E-state index contributed by atoms with van der Waals surface area (Å²) >= 11 is 3.29. The van der Waals surface area contributed by atoms with Crippen LogP contribution in [0.2, 0.25) is 0 Å². The molecule has 5 nitrogen and oxygen atoms in total. The lowest BCUT2D eigenvalue weighted by Crippen LogP contribution is -2.30. The predicted molar refractivity (Wildman–Crippen MR) is 77.9 cm³/mol. The van der Waals surface area contributed by atoms with E-state index in [4.69, 9.17) is 0 Å². The Kier molecular flexibility index (Phi) is 4.20.